The summed E-state index contributed by atoms with van der Waals surface area (Å²) in [6.45, 7) is 0.451. The van der Waals surface area contributed by atoms with Gasteiger partial charge in [-0.3, -0.25) is 0 Å². The average molecular weight is 221 g/mol. The standard InChI is InChI=1S/C9H7N3S2/c10-12-11-6-7-3-4-9(14-7)8-2-1-5-13-8/h1-5H,6H2. The van der Waals surface area contributed by atoms with Crippen molar-refractivity contribution in [2.24, 2.45) is 5.11 Å². The highest BCUT2D eigenvalue weighted by Gasteiger charge is 2.02. The van der Waals surface area contributed by atoms with Crippen LogP contribution in [0.4, 0.5) is 0 Å². The van der Waals surface area contributed by atoms with E-state index < -0.39 is 0 Å². The Balaban J connectivity index is 2.22. The maximum absolute atomic E-state index is 8.18. The molecule has 0 saturated carbocycles. The van der Waals surface area contributed by atoms with Gasteiger partial charge in [0, 0.05) is 19.5 Å². The SMILES string of the molecule is [N-]=[N+]=NCc1ccc(-c2cccs2)s1. The largest absolute Gasteiger partial charge is 0.143 e. The van der Waals surface area contributed by atoms with Gasteiger partial charge in [0.05, 0.1) is 6.54 Å². The molecule has 0 bridgehead atoms. The molecule has 0 aliphatic heterocycles. The van der Waals surface area contributed by atoms with Crippen LogP contribution in [0.1, 0.15) is 4.88 Å². The summed E-state index contributed by atoms with van der Waals surface area (Å²) in [6.07, 6.45) is 0. The van der Waals surface area contributed by atoms with E-state index in [0.717, 1.165) is 4.88 Å². The van der Waals surface area contributed by atoms with E-state index in [1.165, 1.54) is 9.75 Å². The summed E-state index contributed by atoms with van der Waals surface area (Å²) in [6, 6.07) is 8.20. The molecule has 3 nitrogen and oxygen atoms in total. The smallest absolute Gasteiger partial charge is 0.0605 e. The van der Waals surface area contributed by atoms with Gasteiger partial charge in [-0.2, -0.15) is 0 Å². The first-order valence-corrected chi connectivity index (χ1v) is 5.73. The summed E-state index contributed by atoms with van der Waals surface area (Å²) in [7, 11) is 0. The van der Waals surface area contributed by atoms with Gasteiger partial charge in [-0.05, 0) is 29.1 Å². The van der Waals surface area contributed by atoms with Crippen molar-refractivity contribution >= 4 is 22.7 Å². The number of azide groups is 1. The monoisotopic (exact) mass is 221 g/mol. The molecule has 2 aromatic rings. The van der Waals surface area contributed by atoms with Crippen LogP contribution in [0, 0.1) is 0 Å². The van der Waals surface area contributed by atoms with Gasteiger partial charge in [0.25, 0.3) is 0 Å². The van der Waals surface area contributed by atoms with Crippen LogP contribution in [0.3, 0.4) is 0 Å². The van der Waals surface area contributed by atoms with Gasteiger partial charge >= 0.3 is 0 Å². The lowest BCUT2D eigenvalue weighted by Crippen LogP contribution is -1.66. The Morgan fingerprint density at radius 1 is 1.29 bits per heavy atom. The number of rotatable bonds is 3. The zero-order valence-corrected chi connectivity index (χ0v) is 8.88. The van der Waals surface area contributed by atoms with Crippen LogP contribution >= 0.6 is 22.7 Å². The first-order chi connectivity index (χ1) is 6.90. The topological polar surface area (TPSA) is 48.8 Å². The Bertz CT molecular complexity index is 452. The van der Waals surface area contributed by atoms with Gasteiger partial charge in [-0.15, -0.1) is 22.7 Å². The van der Waals surface area contributed by atoms with Crippen molar-refractivity contribution < 1.29 is 0 Å². The van der Waals surface area contributed by atoms with E-state index in [1.807, 2.05) is 12.1 Å². The van der Waals surface area contributed by atoms with Crippen molar-refractivity contribution in [1.29, 1.82) is 0 Å². The van der Waals surface area contributed by atoms with Gasteiger partial charge < -0.3 is 0 Å². The molecule has 0 aliphatic carbocycles. The van der Waals surface area contributed by atoms with Crippen LogP contribution in [0.5, 0.6) is 0 Å². The lowest BCUT2D eigenvalue weighted by atomic mass is 10.4. The molecule has 0 fully saturated rings. The quantitative estimate of drug-likeness (QED) is 0.422. The van der Waals surface area contributed by atoms with E-state index in [4.69, 9.17) is 5.53 Å². The minimum Gasteiger partial charge on any atom is -0.143 e. The summed E-state index contributed by atoms with van der Waals surface area (Å²) in [4.78, 5) is 6.35. The number of nitrogens with zero attached hydrogens (tertiary/aromatic N) is 3. The predicted octanol–water partition coefficient (Wildman–Crippen LogP) is 4.29. The van der Waals surface area contributed by atoms with E-state index in [9.17, 15) is 0 Å². The zero-order valence-electron chi connectivity index (χ0n) is 7.25. The van der Waals surface area contributed by atoms with Gasteiger partial charge in [-0.1, -0.05) is 11.2 Å². The third kappa shape index (κ3) is 1.96. The second kappa shape index (κ2) is 4.28. The highest BCUT2D eigenvalue weighted by atomic mass is 32.1. The first kappa shape index (κ1) is 9.27. The fourth-order valence-corrected chi connectivity index (χ4v) is 2.88. The molecular formula is C9H7N3S2. The van der Waals surface area contributed by atoms with E-state index in [1.54, 1.807) is 22.7 Å². The lowest BCUT2D eigenvalue weighted by Gasteiger charge is -1.87. The molecule has 70 valence electrons. The van der Waals surface area contributed by atoms with Crippen molar-refractivity contribution in [2.45, 2.75) is 6.54 Å². The van der Waals surface area contributed by atoms with Crippen LogP contribution in [-0.4, -0.2) is 0 Å². The Kier molecular flexibility index (Phi) is 2.84. The second-order valence-electron chi connectivity index (χ2n) is 2.63. The van der Waals surface area contributed by atoms with Crippen LogP contribution in [0.2, 0.25) is 0 Å². The molecule has 0 aromatic carbocycles. The third-order valence-corrected chi connectivity index (χ3v) is 3.85. The summed E-state index contributed by atoms with van der Waals surface area (Å²) >= 11 is 3.40. The molecule has 0 N–H and O–H groups in total. The minimum absolute atomic E-state index is 0.451. The molecule has 5 heteroatoms. The van der Waals surface area contributed by atoms with Gasteiger partial charge in [0.1, 0.15) is 0 Å². The molecule has 0 amide bonds. The molecular weight excluding hydrogens is 214 g/mol. The van der Waals surface area contributed by atoms with Gasteiger partial charge in [0.2, 0.25) is 0 Å². The maximum atomic E-state index is 8.18. The Labute approximate surface area is 89.3 Å². The molecule has 0 saturated heterocycles. The summed E-state index contributed by atoms with van der Waals surface area (Å²) in [5.74, 6) is 0. The highest BCUT2D eigenvalue weighted by molar-refractivity contribution is 7.21. The van der Waals surface area contributed by atoms with E-state index in [-0.39, 0.29) is 0 Å². The number of hydrogen-bond donors (Lipinski definition) is 0. The van der Waals surface area contributed by atoms with Crippen LogP contribution in [0.25, 0.3) is 20.2 Å². The normalized spacial score (nSPS) is 9.71. The van der Waals surface area contributed by atoms with Crippen molar-refractivity contribution in [3.8, 4) is 9.75 Å². The number of thiophene rings is 2. The number of hydrogen-bond acceptors (Lipinski definition) is 3. The lowest BCUT2D eigenvalue weighted by molar-refractivity contribution is 1.08. The Morgan fingerprint density at radius 2 is 2.21 bits per heavy atom. The molecule has 0 aliphatic rings. The van der Waals surface area contributed by atoms with Crippen molar-refractivity contribution in [3.05, 3.63) is 45.0 Å². The first-order valence-electron chi connectivity index (χ1n) is 4.03. The molecule has 2 heterocycles. The zero-order chi connectivity index (χ0) is 9.80. The summed E-state index contributed by atoms with van der Waals surface area (Å²) in [5, 5.41) is 5.59. The van der Waals surface area contributed by atoms with Crippen molar-refractivity contribution in [2.75, 3.05) is 0 Å². The predicted molar refractivity (Wildman–Crippen MR) is 60.5 cm³/mol. The maximum Gasteiger partial charge on any atom is 0.0605 e. The molecule has 0 radical (unpaired) electrons. The Morgan fingerprint density at radius 3 is 2.93 bits per heavy atom. The molecule has 0 unspecified atom stereocenters. The average Bonchev–Trinajstić information content (AvgIpc) is 2.85. The second-order valence-corrected chi connectivity index (χ2v) is 4.75. The summed E-state index contributed by atoms with van der Waals surface area (Å²) < 4.78 is 0. The van der Waals surface area contributed by atoms with Crippen molar-refractivity contribution in [3.63, 3.8) is 0 Å². The van der Waals surface area contributed by atoms with E-state index in [0.29, 0.717) is 6.54 Å². The summed E-state index contributed by atoms with van der Waals surface area (Å²) in [5.41, 5.74) is 8.18. The molecule has 2 aromatic heterocycles. The van der Waals surface area contributed by atoms with Crippen LogP contribution < -0.4 is 0 Å². The van der Waals surface area contributed by atoms with Gasteiger partial charge in [-0.25, -0.2) is 0 Å². The molecule has 14 heavy (non-hydrogen) atoms. The third-order valence-electron chi connectivity index (χ3n) is 1.72. The highest BCUT2D eigenvalue weighted by Crippen LogP contribution is 2.31. The molecule has 0 atom stereocenters. The molecule has 2 rings (SSSR count). The van der Waals surface area contributed by atoms with Crippen molar-refractivity contribution in [1.82, 2.24) is 0 Å². The fourth-order valence-electron chi connectivity index (χ4n) is 1.12. The fraction of sp³-hybridized carbons (Fsp3) is 0.111. The van der Waals surface area contributed by atoms with Crippen LogP contribution in [-0.2, 0) is 6.54 Å². The van der Waals surface area contributed by atoms with E-state index >= 15 is 0 Å². The van der Waals surface area contributed by atoms with Gasteiger partial charge in [0.15, 0.2) is 0 Å². The minimum atomic E-state index is 0.451. The Hall–Kier alpha value is -1.29. The van der Waals surface area contributed by atoms with Crippen LogP contribution in [0.15, 0.2) is 34.8 Å². The van der Waals surface area contributed by atoms with E-state index in [2.05, 4.69) is 27.5 Å². The molecule has 0 spiro atoms.